The van der Waals surface area contributed by atoms with Crippen molar-refractivity contribution in [3.05, 3.63) is 64.2 Å². The van der Waals surface area contributed by atoms with Gasteiger partial charge < -0.3 is 10.1 Å². The van der Waals surface area contributed by atoms with Crippen LogP contribution < -0.4 is 10.1 Å². The summed E-state index contributed by atoms with van der Waals surface area (Å²) in [5.74, 6) is 0.0772. The summed E-state index contributed by atoms with van der Waals surface area (Å²) in [5, 5.41) is 13.9. The van der Waals surface area contributed by atoms with E-state index in [1.165, 1.54) is 24.6 Å². The Kier molecular flexibility index (Phi) is 5.28. The molecule has 25 heavy (non-hydrogen) atoms. The highest BCUT2D eigenvalue weighted by Gasteiger charge is 2.20. The minimum atomic E-state index is -0.462. The predicted octanol–water partition coefficient (Wildman–Crippen LogP) is 4.56. The highest BCUT2D eigenvalue weighted by Crippen LogP contribution is 2.33. The second-order valence-electron chi connectivity index (χ2n) is 6.14. The van der Waals surface area contributed by atoms with Gasteiger partial charge in [0.2, 0.25) is 0 Å². The molecule has 0 bridgehead atoms. The zero-order valence-corrected chi connectivity index (χ0v) is 13.8. The zero-order chi connectivity index (χ0) is 17.6. The first-order chi connectivity index (χ1) is 12.1. The number of rotatable bonds is 5. The summed E-state index contributed by atoms with van der Waals surface area (Å²) in [6.45, 7) is 0. The molecule has 0 saturated heterocycles. The van der Waals surface area contributed by atoms with Crippen LogP contribution in [-0.2, 0) is 0 Å². The number of nitro benzene ring substituents is 1. The third-order valence-electron chi connectivity index (χ3n) is 4.31. The van der Waals surface area contributed by atoms with Crippen LogP contribution in [0.5, 0.6) is 5.75 Å². The molecule has 3 rings (SSSR count). The lowest BCUT2D eigenvalue weighted by Gasteiger charge is -2.24. The maximum absolute atomic E-state index is 12.4. The number of ether oxygens (including phenoxy) is 1. The molecule has 1 saturated carbocycles. The molecule has 0 unspecified atom stereocenters. The number of carbonyl (C=O) groups is 1. The molecule has 0 spiro atoms. The van der Waals surface area contributed by atoms with Gasteiger partial charge >= 0.3 is 0 Å². The largest absolute Gasteiger partial charge is 0.488 e. The molecule has 2 aromatic carbocycles. The molecule has 6 nitrogen and oxygen atoms in total. The fourth-order valence-corrected chi connectivity index (χ4v) is 2.97. The van der Waals surface area contributed by atoms with Crippen LogP contribution in [0.3, 0.4) is 0 Å². The van der Waals surface area contributed by atoms with Crippen LogP contribution in [0.15, 0.2) is 48.5 Å². The average Bonchev–Trinajstić information content (AvgIpc) is 2.64. The van der Waals surface area contributed by atoms with Crippen molar-refractivity contribution in [1.82, 2.24) is 0 Å². The Morgan fingerprint density at radius 1 is 1.08 bits per heavy atom. The van der Waals surface area contributed by atoms with Gasteiger partial charge in [-0.2, -0.15) is 0 Å². The van der Waals surface area contributed by atoms with Gasteiger partial charge in [-0.1, -0.05) is 24.6 Å². The summed E-state index contributed by atoms with van der Waals surface area (Å²) < 4.78 is 5.99. The number of nitrogens with zero attached hydrogens (tertiary/aromatic N) is 1. The number of non-ortho nitro benzene ring substituents is 1. The molecule has 130 valence electrons. The molecule has 1 amide bonds. The van der Waals surface area contributed by atoms with E-state index in [-0.39, 0.29) is 17.7 Å². The first-order valence-electron chi connectivity index (χ1n) is 8.45. The van der Waals surface area contributed by atoms with Crippen molar-refractivity contribution in [2.45, 2.75) is 38.2 Å². The second-order valence-corrected chi connectivity index (χ2v) is 6.14. The molecule has 0 atom stereocenters. The maximum Gasteiger partial charge on any atom is 0.273 e. The minimum Gasteiger partial charge on any atom is -0.488 e. The third-order valence-corrected chi connectivity index (χ3v) is 4.31. The summed E-state index contributed by atoms with van der Waals surface area (Å²) in [4.78, 5) is 23.0. The van der Waals surface area contributed by atoms with E-state index >= 15 is 0 Å². The van der Waals surface area contributed by atoms with E-state index in [0.717, 1.165) is 25.7 Å². The number of anilines is 1. The Morgan fingerprint density at radius 3 is 2.48 bits per heavy atom. The Balaban J connectivity index is 1.83. The normalized spacial score (nSPS) is 14.7. The van der Waals surface area contributed by atoms with E-state index in [4.69, 9.17) is 4.74 Å². The number of hydrogen-bond donors (Lipinski definition) is 1. The molecule has 1 aliphatic carbocycles. The number of hydrogen-bond acceptors (Lipinski definition) is 4. The maximum atomic E-state index is 12.4. The van der Waals surface area contributed by atoms with Gasteiger partial charge in [-0.3, -0.25) is 14.9 Å². The molecule has 0 radical (unpaired) electrons. The molecule has 2 aromatic rings. The summed E-state index contributed by atoms with van der Waals surface area (Å²) in [6.07, 6.45) is 5.25. The van der Waals surface area contributed by atoms with Crippen molar-refractivity contribution >= 4 is 17.3 Å². The van der Waals surface area contributed by atoms with Crippen LogP contribution in [0.2, 0.25) is 0 Å². The van der Waals surface area contributed by atoms with Gasteiger partial charge in [-0.05, 0) is 43.9 Å². The van der Waals surface area contributed by atoms with Crippen molar-refractivity contribution < 1.29 is 14.5 Å². The van der Waals surface area contributed by atoms with Crippen molar-refractivity contribution in [3.8, 4) is 5.75 Å². The van der Waals surface area contributed by atoms with Gasteiger partial charge in [0.1, 0.15) is 5.75 Å². The summed E-state index contributed by atoms with van der Waals surface area (Å²) in [7, 11) is 0. The number of nitro groups is 1. The zero-order valence-electron chi connectivity index (χ0n) is 13.8. The summed E-state index contributed by atoms with van der Waals surface area (Å²) in [5.41, 5.74) is 0.915. The van der Waals surface area contributed by atoms with Gasteiger partial charge in [0.25, 0.3) is 11.6 Å². The SMILES string of the molecule is O=C(Nc1ccc([N+](=O)[O-])cc1OC1CCCCC1)c1ccccc1. The van der Waals surface area contributed by atoms with E-state index in [1.807, 2.05) is 6.07 Å². The lowest BCUT2D eigenvalue weighted by molar-refractivity contribution is -0.384. The molecule has 1 aliphatic rings. The molecule has 0 aromatic heterocycles. The van der Waals surface area contributed by atoms with E-state index in [9.17, 15) is 14.9 Å². The second kappa shape index (κ2) is 7.79. The Hall–Kier alpha value is -2.89. The first kappa shape index (κ1) is 17.0. The van der Waals surface area contributed by atoms with Gasteiger partial charge in [-0.15, -0.1) is 0 Å². The number of benzene rings is 2. The molecular formula is C19H20N2O4. The predicted molar refractivity (Wildman–Crippen MR) is 95.0 cm³/mol. The highest BCUT2D eigenvalue weighted by atomic mass is 16.6. The number of amides is 1. The Morgan fingerprint density at radius 2 is 1.80 bits per heavy atom. The molecule has 0 aliphatic heterocycles. The summed E-state index contributed by atoms with van der Waals surface area (Å²) in [6, 6.07) is 13.1. The minimum absolute atomic E-state index is 0.0307. The first-order valence-corrected chi connectivity index (χ1v) is 8.45. The summed E-state index contributed by atoms with van der Waals surface area (Å²) >= 11 is 0. The Labute approximate surface area is 146 Å². The molecule has 0 heterocycles. The monoisotopic (exact) mass is 340 g/mol. The van der Waals surface area contributed by atoms with Crippen molar-refractivity contribution in [1.29, 1.82) is 0 Å². The van der Waals surface area contributed by atoms with Crippen LogP contribution in [0.25, 0.3) is 0 Å². The standard InChI is InChI=1S/C19H20N2O4/c22-19(14-7-3-1-4-8-14)20-17-12-11-15(21(23)24)13-18(17)25-16-9-5-2-6-10-16/h1,3-4,7-8,11-13,16H,2,5-6,9-10H2,(H,20,22). The quantitative estimate of drug-likeness (QED) is 0.639. The fraction of sp³-hybridized carbons (Fsp3) is 0.316. The molecule has 6 heteroatoms. The lowest BCUT2D eigenvalue weighted by atomic mass is 9.98. The van der Waals surface area contributed by atoms with E-state index in [0.29, 0.717) is 17.0 Å². The third kappa shape index (κ3) is 4.35. The van der Waals surface area contributed by atoms with Crippen LogP contribution >= 0.6 is 0 Å². The topological polar surface area (TPSA) is 81.5 Å². The van der Waals surface area contributed by atoms with Crippen molar-refractivity contribution in [2.24, 2.45) is 0 Å². The van der Waals surface area contributed by atoms with Crippen molar-refractivity contribution in [3.63, 3.8) is 0 Å². The molecule has 1 fully saturated rings. The van der Waals surface area contributed by atoms with E-state index in [1.54, 1.807) is 24.3 Å². The van der Waals surface area contributed by atoms with Gasteiger partial charge in [0, 0.05) is 11.6 Å². The van der Waals surface area contributed by atoms with Crippen LogP contribution in [0, 0.1) is 10.1 Å². The average molecular weight is 340 g/mol. The van der Waals surface area contributed by atoms with Gasteiger partial charge in [0.05, 0.1) is 22.8 Å². The number of carbonyl (C=O) groups excluding carboxylic acids is 1. The van der Waals surface area contributed by atoms with Crippen LogP contribution in [0.4, 0.5) is 11.4 Å². The van der Waals surface area contributed by atoms with Crippen LogP contribution in [-0.4, -0.2) is 16.9 Å². The molecule has 1 N–H and O–H groups in total. The van der Waals surface area contributed by atoms with Gasteiger partial charge in [0.15, 0.2) is 0 Å². The highest BCUT2D eigenvalue weighted by molar-refractivity contribution is 6.05. The Bertz CT molecular complexity index is 755. The van der Waals surface area contributed by atoms with E-state index in [2.05, 4.69) is 5.32 Å². The lowest BCUT2D eigenvalue weighted by Crippen LogP contribution is -2.21. The van der Waals surface area contributed by atoms with Crippen LogP contribution in [0.1, 0.15) is 42.5 Å². The fourth-order valence-electron chi connectivity index (χ4n) is 2.97. The number of nitrogens with one attached hydrogen (secondary N) is 1. The van der Waals surface area contributed by atoms with E-state index < -0.39 is 4.92 Å². The van der Waals surface area contributed by atoms with Crippen molar-refractivity contribution in [2.75, 3.05) is 5.32 Å². The molecular weight excluding hydrogens is 320 g/mol. The smallest absolute Gasteiger partial charge is 0.273 e. The van der Waals surface area contributed by atoms with Gasteiger partial charge in [-0.25, -0.2) is 0 Å².